The van der Waals surface area contributed by atoms with Gasteiger partial charge in [0.2, 0.25) is 10.0 Å². The van der Waals surface area contributed by atoms with Gasteiger partial charge < -0.3 is 4.74 Å². The zero-order chi connectivity index (χ0) is 19.8. The van der Waals surface area contributed by atoms with Crippen molar-refractivity contribution in [1.29, 1.82) is 0 Å². The van der Waals surface area contributed by atoms with E-state index >= 15 is 0 Å². The van der Waals surface area contributed by atoms with Crippen molar-refractivity contribution in [3.63, 3.8) is 0 Å². The van der Waals surface area contributed by atoms with E-state index in [1.165, 1.54) is 29.6 Å². The molecule has 27 heavy (non-hydrogen) atoms. The third-order valence-corrected chi connectivity index (χ3v) is 7.68. The Hall–Kier alpha value is -1.71. The molecule has 2 heterocycles. The van der Waals surface area contributed by atoms with Crippen LogP contribution < -0.4 is 4.74 Å². The predicted octanol–water partition coefficient (Wildman–Crippen LogP) is 2.63. The Morgan fingerprint density at radius 2 is 1.85 bits per heavy atom. The first-order chi connectivity index (χ1) is 12.8. The second-order valence-electron chi connectivity index (χ2n) is 7.47. The standard InChI is InChI=1S/C18H27N3O5S/c1-13-6-7-14(2)20(13)16-5-4-10-19(12-16)27(24,25)18-9-8-15(21(22)23)11-17(18)26-3/h8-9,11,13-14,16H,4-7,10,12H2,1-3H3/t13-,14+,16-/m0/s1. The molecule has 150 valence electrons. The summed E-state index contributed by atoms with van der Waals surface area (Å²) in [4.78, 5) is 12.8. The lowest BCUT2D eigenvalue weighted by Crippen LogP contribution is -2.52. The summed E-state index contributed by atoms with van der Waals surface area (Å²) in [5, 5.41) is 11.0. The second kappa shape index (κ2) is 7.73. The van der Waals surface area contributed by atoms with E-state index in [4.69, 9.17) is 4.74 Å². The zero-order valence-corrected chi connectivity index (χ0v) is 16.8. The molecule has 0 N–H and O–H groups in total. The van der Waals surface area contributed by atoms with Gasteiger partial charge in [0.1, 0.15) is 10.6 Å². The minimum Gasteiger partial charge on any atom is -0.495 e. The monoisotopic (exact) mass is 397 g/mol. The van der Waals surface area contributed by atoms with Gasteiger partial charge in [-0.2, -0.15) is 4.31 Å². The highest BCUT2D eigenvalue weighted by Crippen LogP contribution is 2.34. The largest absolute Gasteiger partial charge is 0.495 e. The van der Waals surface area contributed by atoms with Crippen LogP contribution in [-0.2, 0) is 10.0 Å². The van der Waals surface area contributed by atoms with Crippen molar-refractivity contribution in [2.45, 2.75) is 62.6 Å². The van der Waals surface area contributed by atoms with E-state index in [0.29, 0.717) is 25.2 Å². The Balaban J connectivity index is 1.87. The molecule has 3 atom stereocenters. The van der Waals surface area contributed by atoms with Crippen molar-refractivity contribution < 1.29 is 18.1 Å². The van der Waals surface area contributed by atoms with Crippen LogP contribution >= 0.6 is 0 Å². The van der Waals surface area contributed by atoms with Gasteiger partial charge in [0.15, 0.2) is 0 Å². The third-order valence-electron chi connectivity index (χ3n) is 5.78. The molecule has 0 bridgehead atoms. The number of piperidine rings is 1. The van der Waals surface area contributed by atoms with Gasteiger partial charge in [0, 0.05) is 37.3 Å². The van der Waals surface area contributed by atoms with Crippen molar-refractivity contribution in [1.82, 2.24) is 9.21 Å². The molecule has 3 rings (SSSR count). The fourth-order valence-corrected chi connectivity index (χ4v) is 6.09. The maximum atomic E-state index is 13.2. The van der Waals surface area contributed by atoms with Crippen LogP contribution in [0.1, 0.15) is 39.5 Å². The smallest absolute Gasteiger partial charge is 0.273 e. The first kappa shape index (κ1) is 20.0. The van der Waals surface area contributed by atoms with Gasteiger partial charge in [0.25, 0.3) is 5.69 Å². The van der Waals surface area contributed by atoms with Crippen LogP contribution in [0.2, 0.25) is 0 Å². The number of non-ortho nitro benzene ring substituents is 1. The van der Waals surface area contributed by atoms with Crippen LogP contribution in [0.4, 0.5) is 5.69 Å². The minimum atomic E-state index is -3.79. The molecule has 0 unspecified atom stereocenters. The van der Waals surface area contributed by atoms with Gasteiger partial charge in [-0.05, 0) is 45.6 Å². The number of rotatable bonds is 5. The Morgan fingerprint density at radius 3 is 2.44 bits per heavy atom. The van der Waals surface area contributed by atoms with Crippen LogP contribution in [0.15, 0.2) is 23.1 Å². The molecule has 0 radical (unpaired) electrons. The number of sulfonamides is 1. The highest BCUT2D eigenvalue weighted by molar-refractivity contribution is 7.89. The van der Waals surface area contributed by atoms with Gasteiger partial charge in [-0.1, -0.05) is 0 Å². The number of hydrogen-bond acceptors (Lipinski definition) is 6. The van der Waals surface area contributed by atoms with E-state index in [-0.39, 0.29) is 22.4 Å². The number of nitrogens with zero attached hydrogens (tertiary/aromatic N) is 3. The molecule has 9 heteroatoms. The van der Waals surface area contributed by atoms with Crippen molar-refractivity contribution in [3.05, 3.63) is 28.3 Å². The van der Waals surface area contributed by atoms with Crippen molar-refractivity contribution in [2.24, 2.45) is 0 Å². The number of hydrogen-bond donors (Lipinski definition) is 0. The maximum absolute atomic E-state index is 13.2. The Bertz CT molecular complexity index is 803. The quantitative estimate of drug-likeness (QED) is 0.560. The lowest BCUT2D eigenvalue weighted by molar-refractivity contribution is -0.385. The molecule has 2 saturated heterocycles. The summed E-state index contributed by atoms with van der Waals surface area (Å²) < 4.78 is 33.1. The Labute approximate surface area is 160 Å². The average Bonchev–Trinajstić information content (AvgIpc) is 2.99. The van der Waals surface area contributed by atoms with E-state index in [2.05, 4.69) is 18.7 Å². The summed E-state index contributed by atoms with van der Waals surface area (Å²) in [6.07, 6.45) is 4.06. The van der Waals surface area contributed by atoms with E-state index < -0.39 is 14.9 Å². The number of benzene rings is 1. The molecule has 2 fully saturated rings. The van der Waals surface area contributed by atoms with Gasteiger partial charge in [-0.3, -0.25) is 15.0 Å². The van der Waals surface area contributed by atoms with Crippen LogP contribution in [0.5, 0.6) is 5.75 Å². The SMILES string of the molecule is COc1cc([N+](=O)[O-])ccc1S(=O)(=O)N1CCC[C@H](N2[C@H](C)CC[C@@H]2C)C1. The van der Waals surface area contributed by atoms with Crippen LogP contribution in [-0.4, -0.2) is 60.9 Å². The minimum absolute atomic E-state index is 0.00855. The molecule has 1 aromatic carbocycles. The highest BCUT2D eigenvalue weighted by Gasteiger charge is 2.39. The molecule has 0 spiro atoms. The molecular weight excluding hydrogens is 370 g/mol. The summed E-state index contributed by atoms with van der Waals surface area (Å²) >= 11 is 0. The Kier molecular flexibility index (Phi) is 5.73. The summed E-state index contributed by atoms with van der Waals surface area (Å²) in [6.45, 7) is 5.30. The first-order valence-corrected chi connectivity index (χ1v) is 10.8. The number of nitro groups is 1. The first-order valence-electron chi connectivity index (χ1n) is 9.35. The molecule has 2 aliphatic heterocycles. The summed E-state index contributed by atoms with van der Waals surface area (Å²) in [6, 6.07) is 4.77. The van der Waals surface area contributed by atoms with Gasteiger partial charge in [-0.25, -0.2) is 8.42 Å². The fourth-order valence-electron chi connectivity index (χ4n) is 4.44. The van der Waals surface area contributed by atoms with Gasteiger partial charge >= 0.3 is 0 Å². The van der Waals surface area contributed by atoms with Crippen LogP contribution in [0.3, 0.4) is 0 Å². The van der Waals surface area contributed by atoms with Gasteiger partial charge in [0.05, 0.1) is 18.1 Å². The Morgan fingerprint density at radius 1 is 1.19 bits per heavy atom. The number of likely N-dealkylation sites (tertiary alicyclic amines) is 1. The highest BCUT2D eigenvalue weighted by atomic mass is 32.2. The normalized spacial score (nSPS) is 27.6. The van der Waals surface area contributed by atoms with E-state index in [1.807, 2.05) is 0 Å². The van der Waals surface area contributed by atoms with E-state index in [1.54, 1.807) is 0 Å². The molecule has 1 aromatic rings. The molecule has 0 aliphatic carbocycles. The molecular formula is C18H27N3O5S. The van der Waals surface area contributed by atoms with E-state index in [0.717, 1.165) is 25.7 Å². The molecule has 0 aromatic heterocycles. The third kappa shape index (κ3) is 3.81. The maximum Gasteiger partial charge on any atom is 0.273 e. The fraction of sp³-hybridized carbons (Fsp3) is 0.667. The van der Waals surface area contributed by atoms with Gasteiger partial charge in [-0.15, -0.1) is 0 Å². The summed E-state index contributed by atoms with van der Waals surface area (Å²) in [5.41, 5.74) is -0.193. The second-order valence-corrected chi connectivity index (χ2v) is 9.38. The number of ether oxygens (including phenoxy) is 1. The van der Waals surface area contributed by atoms with Crippen LogP contribution in [0, 0.1) is 10.1 Å². The summed E-state index contributed by atoms with van der Waals surface area (Å²) in [5.74, 6) is 0.00855. The van der Waals surface area contributed by atoms with Crippen molar-refractivity contribution >= 4 is 15.7 Å². The molecule has 0 amide bonds. The molecule has 8 nitrogen and oxygen atoms in total. The summed E-state index contributed by atoms with van der Waals surface area (Å²) in [7, 11) is -2.46. The lowest BCUT2D eigenvalue weighted by atomic mass is 10.0. The van der Waals surface area contributed by atoms with Crippen LogP contribution in [0.25, 0.3) is 0 Å². The average molecular weight is 397 g/mol. The zero-order valence-electron chi connectivity index (χ0n) is 16.0. The molecule has 0 saturated carbocycles. The number of methoxy groups -OCH3 is 1. The number of nitro benzene ring substituents is 1. The van der Waals surface area contributed by atoms with Crippen molar-refractivity contribution in [3.8, 4) is 5.75 Å². The predicted molar refractivity (Wildman–Crippen MR) is 101 cm³/mol. The topological polar surface area (TPSA) is 93.0 Å². The van der Waals surface area contributed by atoms with E-state index in [9.17, 15) is 18.5 Å². The lowest BCUT2D eigenvalue weighted by Gasteiger charge is -2.41. The molecule has 2 aliphatic rings. The van der Waals surface area contributed by atoms with Crippen molar-refractivity contribution in [2.75, 3.05) is 20.2 Å².